The number of rotatable bonds is 5. The van der Waals surface area contributed by atoms with E-state index in [9.17, 15) is 9.90 Å². The molecule has 1 aromatic heterocycles. The van der Waals surface area contributed by atoms with Crippen LogP contribution in [0.1, 0.15) is 26.5 Å². The molecule has 0 atom stereocenters. The molecule has 4 heteroatoms. The van der Waals surface area contributed by atoms with Crippen LogP contribution in [0.15, 0.2) is 24.4 Å². The van der Waals surface area contributed by atoms with Gasteiger partial charge in [-0.25, -0.2) is 0 Å². The van der Waals surface area contributed by atoms with Crippen molar-refractivity contribution in [3.63, 3.8) is 0 Å². The molecule has 0 saturated heterocycles. The Morgan fingerprint density at radius 2 is 2.18 bits per heavy atom. The molecule has 17 heavy (non-hydrogen) atoms. The van der Waals surface area contributed by atoms with Crippen molar-refractivity contribution in [1.29, 1.82) is 0 Å². The first-order valence-electron chi connectivity index (χ1n) is 5.82. The van der Waals surface area contributed by atoms with E-state index in [4.69, 9.17) is 0 Å². The molecule has 0 spiro atoms. The second-order valence-corrected chi connectivity index (χ2v) is 4.72. The fraction of sp³-hybridized carbons (Fsp3) is 0.538. The van der Waals surface area contributed by atoms with Crippen molar-refractivity contribution in [2.75, 3.05) is 13.1 Å². The number of aliphatic hydroxyl groups is 1. The average molecular weight is 236 g/mol. The lowest BCUT2D eigenvalue weighted by atomic mass is 10.1. The van der Waals surface area contributed by atoms with Gasteiger partial charge in [0.2, 0.25) is 5.91 Å². The molecule has 0 bridgehead atoms. The summed E-state index contributed by atoms with van der Waals surface area (Å²) < 4.78 is 0. The van der Waals surface area contributed by atoms with Gasteiger partial charge in [0.25, 0.3) is 0 Å². The maximum absolute atomic E-state index is 12.0. The smallest absolute Gasteiger partial charge is 0.228 e. The maximum Gasteiger partial charge on any atom is 0.228 e. The number of carbonyl (C=O) groups is 1. The van der Waals surface area contributed by atoms with Crippen LogP contribution in [-0.4, -0.2) is 39.6 Å². The molecule has 1 aromatic rings. The Morgan fingerprint density at radius 1 is 1.47 bits per heavy atom. The standard InChI is InChI=1S/C13H20N2O2/c1-4-15(10-13(2,3)17)12(16)9-11-7-5-6-8-14-11/h5-8,17H,4,9-10H2,1-3H3. The number of hydrogen-bond donors (Lipinski definition) is 1. The number of amides is 1. The van der Waals surface area contributed by atoms with E-state index in [2.05, 4.69) is 4.98 Å². The first kappa shape index (κ1) is 13.6. The van der Waals surface area contributed by atoms with Crippen LogP contribution >= 0.6 is 0 Å². The van der Waals surface area contributed by atoms with Crippen molar-refractivity contribution in [2.45, 2.75) is 32.8 Å². The molecule has 0 aliphatic rings. The molecule has 1 rings (SSSR count). The van der Waals surface area contributed by atoms with E-state index >= 15 is 0 Å². The highest BCUT2D eigenvalue weighted by Crippen LogP contribution is 2.07. The second-order valence-electron chi connectivity index (χ2n) is 4.72. The third-order valence-electron chi connectivity index (χ3n) is 2.37. The van der Waals surface area contributed by atoms with Crippen molar-refractivity contribution in [3.8, 4) is 0 Å². The zero-order chi connectivity index (χ0) is 12.9. The zero-order valence-corrected chi connectivity index (χ0v) is 10.7. The molecule has 0 aliphatic heterocycles. The van der Waals surface area contributed by atoms with Gasteiger partial charge in [0.1, 0.15) is 0 Å². The van der Waals surface area contributed by atoms with Crippen LogP contribution in [0.5, 0.6) is 0 Å². The van der Waals surface area contributed by atoms with Crippen molar-refractivity contribution < 1.29 is 9.90 Å². The number of hydrogen-bond acceptors (Lipinski definition) is 3. The van der Waals surface area contributed by atoms with Gasteiger partial charge in [-0.2, -0.15) is 0 Å². The van der Waals surface area contributed by atoms with Gasteiger partial charge in [0.05, 0.1) is 12.0 Å². The Morgan fingerprint density at radius 3 is 2.65 bits per heavy atom. The molecule has 0 fully saturated rings. The topological polar surface area (TPSA) is 53.4 Å². The van der Waals surface area contributed by atoms with Crippen molar-refractivity contribution in [1.82, 2.24) is 9.88 Å². The van der Waals surface area contributed by atoms with E-state index in [1.54, 1.807) is 24.9 Å². The van der Waals surface area contributed by atoms with Gasteiger partial charge in [0.15, 0.2) is 0 Å². The fourth-order valence-corrected chi connectivity index (χ4v) is 1.61. The zero-order valence-electron chi connectivity index (χ0n) is 10.7. The Labute approximate surface area is 102 Å². The van der Waals surface area contributed by atoms with Crippen LogP contribution in [0.2, 0.25) is 0 Å². The molecule has 0 unspecified atom stereocenters. The highest BCUT2D eigenvalue weighted by molar-refractivity contribution is 5.78. The van der Waals surface area contributed by atoms with Gasteiger partial charge < -0.3 is 10.0 Å². The van der Waals surface area contributed by atoms with Crippen LogP contribution in [0.25, 0.3) is 0 Å². The van der Waals surface area contributed by atoms with E-state index in [1.165, 1.54) is 0 Å². The minimum absolute atomic E-state index is 0.00618. The Kier molecular flexibility index (Phi) is 4.63. The molecule has 0 radical (unpaired) electrons. The van der Waals surface area contributed by atoms with Gasteiger partial charge in [-0.3, -0.25) is 9.78 Å². The number of likely N-dealkylation sites (N-methyl/N-ethyl adjacent to an activating group) is 1. The minimum atomic E-state index is -0.865. The summed E-state index contributed by atoms with van der Waals surface area (Å²) in [6.45, 7) is 6.24. The molecule has 94 valence electrons. The Balaban J connectivity index is 2.62. The quantitative estimate of drug-likeness (QED) is 0.837. The fourth-order valence-electron chi connectivity index (χ4n) is 1.61. The Bertz CT molecular complexity index is 357. The second kappa shape index (κ2) is 5.77. The van der Waals surface area contributed by atoms with E-state index in [0.29, 0.717) is 13.1 Å². The molecular weight excluding hydrogens is 216 g/mol. The van der Waals surface area contributed by atoms with E-state index in [0.717, 1.165) is 5.69 Å². The molecular formula is C13H20N2O2. The first-order chi connectivity index (χ1) is 7.92. The predicted octanol–water partition coefficient (Wildman–Crippen LogP) is 1.24. The van der Waals surface area contributed by atoms with E-state index < -0.39 is 5.60 Å². The van der Waals surface area contributed by atoms with Gasteiger partial charge in [-0.05, 0) is 32.9 Å². The summed E-state index contributed by atoms with van der Waals surface area (Å²) in [4.78, 5) is 17.8. The van der Waals surface area contributed by atoms with Gasteiger partial charge in [0, 0.05) is 25.0 Å². The van der Waals surface area contributed by atoms with Crippen molar-refractivity contribution in [3.05, 3.63) is 30.1 Å². The summed E-state index contributed by atoms with van der Waals surface area (Å²) >= 11 is 0. The molecule has 0 aromatic carbocycles. The molecule has 1 heterocycles. The highest BCUT2D eigenvalue weighted by atomic mass is 16.3. The minimum Gasteiger partial charge on any atom is -0.389 e. The van der Waals surface area contributed by atoms with Gasteiger partial charge in [-0.15, -0.1) is 0 Å². The SMILES string of the molecule is CCN(CC(C)(C)O)C(=O)Cc1ccccn1. The summed E-state index contributed by atoms with van der Waals surface area (Å²) in [7, 11) is 0. The summed E-state index contributed by atoms with van der Waals surface area (Å²) in [5.41, 5.74) is -0.109. The monoisotopic (exact) mass is 236 g/mol. The van der Waals surface area contributed by atoms with Crippen LogP contribution in [-0.2, 0) is 11.2 Å². The van der Waals surface area contributed by atoms with Crippen molar-refractivity contribution in [2.24, 2.45) is 0 Å². The normalized spacial score (nSPS) is 11.3. The number of nitrogens with zero attached hydrogens (tertiary/aromatic N) is 2. The lowest BCUT2D eigenvalue weighted by molar-refractivity contribution is -0.133. The largest absolute Gasteiger partial charge is 0.389 e. The van der Waals surface area contributed by atoms with Crippen molar-refractivity contribution >= 4 is 5.91 Å². The number of pyridine rings is 1. The predicted molar refractivity (Wildman–Crippen MR) is 66.5 cm³/mol. The summed E-state index contributed by atoms with van der Waals surface area (Å²) in [5, 5.41) is 9.72. The van der Waals surface area contributed by atoms with Crippen LogP contribution in [0.4, 0.5) is 0 Å². The van der Waals surface area contributed by atoms with Gasteiger partial charge >= 0.3 is 0 Å². The molecule has 0 aliphatic carbocycles. The average Bonchev–Trinajstić information content (AvgIpc) is 2.26. The third kappa shape index (κ3) is 4.95. The van der Waals surface area contributed by atoms with Gasteiger partial charge in [-0.1, -0.05) is 6.07 Å². The number of carbonyl (C=O) groups excluding carboxylic acids is 1. The van der Waals surface area contributed by atoms with Crippen LogP contribution in [0.3, 0.4) is 0 Å². The van der Waals surface area contributed by atoms with E-state index in [1.807, 2.05) is 25.1 Å². The van der Waals surface area contributed by atoms with E-state index in [-0.39, 0.29) is 12.3 Å². The molecule has 0 saturated carbocycles. The highest BCUT2D eigenvalue weighted by Gasteiger charge is 2.21. The molecule has 1 amide bonds. The lowest BCUT2D eigenvalue weighted by Crippen LogP contribution is -2.42. The first-order valence-corrected chi connectivity index (χ1v) is 5.82. The summed E-state index contributed by atoms with van der Waals surface area (Å²) in [6, 6.07) is 5.51. The Hall–Kier alpha value is -1.42. The van der Waals surface area contributed by atoms with Crippen LogP contribution in [0, 0.1) is 0 Å². The number of aromatic nitrogens is 1. The summed E-state index contributed by atoms with van der Waals surface area (Å²) in [5.74, 6) is -0.00618. The molecule has 1 N–H and O–H groups in total. The summed E-state index contributed by atoms with van der Waals surface area (Å²) in [6.07, 6.45) is 1.96. The maximum atomic E-state index is 12.0. The van der Waals surface area contributed by atoms with Crippen LogP contribution < -0.4 is 0 Å². The molecule has 4 nitrogen and oxygen atoms in total. The lowest BCUT2D eigenvalue weighted by Gasteiger charge is -2.28. The third-order valence-corrected chi connectivity index (χ3v) is 2.37.